The van der Waals surface area contributed by atoms with Gasteiger partial charge in [0.25, 0.3) is 5.91 Å². The number of aromatic amines is 1. The van der Waals surface area contributed by atoms with Gasteiger partial charge in [-0.25, -0.2) is 4.98 Å². The van der Waals surface area contributed by atoms with Gasteiger partial charge in [0.2, 0.25) is 11.8 Å². The molecule has 1 aliphatic carbocycles. The van der Waals surface area contributed by atoms with Crippen molar-refractivity contribution in [1.82, 2.24) is 25.5 Å². The van der Waals surface area contributed by atoms with Crippen LogP contribution in [0.4, 0.5) is 0 Å². The highest BCUT2D eigenvalue weighted by Crippen LogP contribution is 2.33. The lowest BCUT2D eigenvalue weighted by atomic mass is 9.84. The molecule has 0 radical (unpaired) electrons. The number of H-pyrrole nitrogens is 1. The normalized spacial score (nSPS) is 16.5. The van der Waals surface area contributed by atoms with Crippen molar-refractivity contribution >= 4 is 29.3 Å². The van der Waals surface area contributed by atoms with Crippen LogP contribution >= 0.6 is 11.6 Å². The number of hydrogen-bond acceptors (Lipinski definition) is 4. The second-order valence-electron chi connectivity index (χ2n) is 14.0. The third kappa shape index (κ3) is 8.29. The molecule has 2 aliphatic rings. The number of amides is 3. The quantitative estimate of drug-likeness (QED) is 0.130. The van der Waals surface area contributed by atoms with E-state index in [1.165, 1.54) is 6.42 Å². The summed E-state index contributed by atoms with van der Waals surface area (Å²) in [6, 6.07) is 30.0. The highest BCUT2D eigenvalue weighted by molar-refractivity contribution is 6.33. The molecule has 1 saturated carbocycles. The summed E-state index contributed by atoms with van der Waals surface area (Å²) in [5.41, 5.74) is 7.23. The highest BCUT2D eigenvalue weighted by Gasteiger charge is 2.37. The fraction of sp³-hybridized carbons (Fsp3) is 0.302. The zero-order chi connectivity index (χ0) is 35.9. The maximum Gasteiger partial charge on any atom is 0.254 e. The fourth-order valence-corrected chi connectivity index (χ4v) is 7.84. The number of aromatic nitrogens is 2. The third-order valence-corrected chi connectivity index (χ3v) is 10.8. The molecule has 8 nitrogen and oxygen atoms in total. The minimum absolute atomic E-state index is 0.201. The monoisotopic (exact) mass is 713 g/mol. The van der Waals surface area contributed by atoms with Crippen LogP contribution in [0.5, 0.6) is 0 Å². The van der Waals surface area contributed by atoms with Gasteiger partial charge in [-0.2, -0.15) is 0 Å². The minimum atomic E-state index is -0.793. The van der Waals surface area contributed by atoms with E-state index in [4.69, 9.17) is 11.6 Å². The molecule has 4 aromatic carbocycles. The SMILES string of the molecule is O=C(NCCc1cnc[nH]1)C(CC1CCCCC1)NC(=O)C1Cc2ccccc2CN1C(=O)c1ccc(Cl)c(-c2ccc(-c3ccccc3)cc2)c1. The second-order valence-corrected chi connectivity index (χ2v) is 14.4. The maximum absolute atomic E-state index is 14.5. The van der Waals surface area contributed by atoms with Crippen molar-refractivity contribution in [2.45, 2.75) is 70.0 Å². The predicted molar refractivity (Wildman–Crippen MR) is 205 cm³/mol. The summed E-state index contributed by atoms with van der Waals surface area (Å²) in [5.74, 6) is -0.427. The molecule has 2 heterocycles. The molecule has 7 rings (SSSR count). The molecule has 2 atom stereocenters. The van der Waals surface area contributed by atoms with Crippen molar-refractivity contribution in [2.24, 2.45) is 5.92 Å². The van der Waals surface area contributed by atoms with Crippen molar-refractivity contribution in [3.8, 4) is 22.3 Å². The average Bonchev–Trinajstić information content (AvgIpc) is 3.71. The molecule has 0 saturated heterocycles. The van der Waals surface area contributed by atoms with E-state index in [2.05, 4.69) is 44.9 Å². The predicted octanol–water partition coefficient (Wildman–Crippen LogP) is 7.78. The summed E-state index contributed by atoms with van der Waals surface area (Å²) in [5, 5.41) is 6.70. The molecule has 1 fully saturated rings. The summed E-state index contributed by atoms with van der Waals surface area (Å²) in [6.07, 6.45) is 10.5. The lowest BCUT2D eigenvalue weighted by molar-refractivity contribution is -0.132. The smallest absolute Gasteiger partial charge is 0.254 e. The second kappa shape index (κ2) is 16.4. The Kier molecular flexibility index (Phi) is 11.1. The van der Waals surface area contributed by atoms with Crippen LogP contribution in [0.15, 0.2) is 110 Å². The number of hydrogen-bond donors (Lipinski definition) is 3. The molecule has 266 valence electrons. The number of halogens is 1. The molecule has 2 unspecified atom stereocenters. The van der Waals surface area contributed by atoms with Gasteiger partial charge in [0.15, 0.2) is 0 Å². The molecule has 5 aromatic rings. The number of imidazole rings is 1. The first-order valence-corrected chi connectivity index (χ1v) is 18.7. The summed E-state index contributed by atoms with van der Waals surface area (Å²) >= 11 is 6.72. The Morgan fingerprint density at radius 3 is 2.31 bits per heavy atom. The van der Waals surface area contributed by atoms with E-state index in [9.17, 15) is 14.4 Å². The van der Waals surface area contributed by atoms with Gasteiger partial charge in [-0.3, -0.25) is 14.4 Å². The molecular weight excluding hydrogens is 670 g/mol. The van der Waals surface area contributed by atoms with Gasteiger partial charge in [-0.1, -0.05) is 123 Å². The molecule has 1 aromatic heterocycles. The van der Waals surface area contributed by atoms with Crippen LogP contribution in [-0.4, -0.2) is 51.2 Å². The molecule has 52 heavy (non-hydrogen) atoms. The Balaban J connectivity index is 1.13. The number of benzene rings is 4. The summed E-state index contributed by atoms with van der Waals surface area (Å²) < 4.78 is 0. The van der Waals surface area contributed by atoms with Crippen molar-refractivity contribution in [2.75, 3.05) is 6.54 Å². The fourth-order valence-electron chi connectivity index (χ4n) is 7.61. The number of carbonyl (C=O) groups is 3. The van der Waals surface area contributed by atoms with Gasteiger partial charge >= 0.3 is 0 Å². The standard InChI is InChI=1S/C43H44ClN5O3/c44-38-20-19-34(24-37(38)32-17-15-31(16-18-32)30-11-5-2-6-12-30)43(52)49-27-35-14-8-7-13-33(35)25-40(49)42(51)48-39(23-29-9-3-1-4-10-29)41(50)46-22-21-36-26-45-28-47-36/h2,5-8,11-20,24,26,28-29,39-40H,1,3-4,9-10,21-23,25,27H2,(H,45,47)(H,46,50)(H,48,51). The number of carbonyl (C=O) groups excluding carboxylic acids is 3. The van der Waals surface area contributed by atoms with Gasteiger partial charge in [0.1, 0.15) is 12.1 Å². The maximum atomic E-state index is 14.5. The molecule has 3 N–H and O–H groups in total. The van der Waals surface area contributed by atoms with E-state index in [1.54, 1.807) is 29.6 Å². The van der Waals surface area contributed by atoms with Crippen molar-refractivity contribution < 1.29 is 14.4 Å². The van der Waals surface area contributed by atoms with E-state index in [0.717, 1.165) is 64.8 Å². The lowest BCUT2D eigenvalue weighted by Crippen LogP contribution is -2.57. The Morgan fingerprint density at radius 1 is 0.846 bits per heavy atom. The first-order valence-electron chi connectivity index (χ1n) is 18.3. The molecule has 9 heteroatoms. The number of nitrogens with one attached hydrogen (secondary N) is 3. The van der Waals surface area contributed by atoms with E-state index >= 15 is 0 Å². The largest absolute Gasteiger partial charge is 0.354 e. The van der Waals surface area contributed by atoms with Crippen molar-refractivity contribution in [3.05, 3.63) is 137 Å². The van der Waals surface area contributed by atoms with Crippen LogP contribution in [-0.2, 0) is 29.0 Å². The van der Waals surface area contributed by atoms with Gasteiger partial charge < -0.3 is 20.5 Å². The number of nitrogens with zero attached hydrogens (tertiary/aromatic N) is 2. The molecule has 3 amide bonds. The molecular formula is C43H44ClN5O3. The first-order chi connectivity index (χ1) is 25.4. The Hall–Kier alpha value is -5.21. The zero-order valence-corrected chi connectivity index (χ0v) is 29.9. The van der Waals surface area contributed by atoms with Gasteiger partial charge in [0, 0.05) is 54.0 Å². The van der Waals surface area contributed by atoms with Crippen LogP contribution in [0.25, 0.3) is 22.3 Å². The topological polar surface area (TPSA) is 107 Å². The molecule has 1 aliphatic heterocycles. The van der Waals surface area contributed by atoms with Crippen LogP contribution in [0.3, 0.4) is 0 Å². The Morgan fingerprint density at radius 2 is 1.56 bits per heavy atom. The summed E-state index contributed by atoms with van der Waals surface area (Å²) in [7, 11) is 0. The zero-order valence-electron chi connectivity index (χ0n) is 29.2. The molecule has 0 spiro atoms. The van der Waals surface area contributed by atoms with Gasteiger partial charge in [0.05, 0.1) is 6.33 Å². The average molecular weight is 714 g/mol. The van der Waals surface area contributed by atoms with E-state index < -0.39 is 12.1 Å². The summed E-state index contributed by atoms with van der Waals surface area (Å²) in [4.78, 5) is 51.2. The highest BCUT2D eigenvalue weighted by atomic mass is 35.5. The van der Waals surface area contributed by atoms with Crippen LogP contribution < -0.4 is 10.6 Å². The Bertz CT molecular complexity index is 1990. The van der Waals surface area contributed by atoms with Crippen LogP contribution in [0.2, 0.25) is 5.02 Å². The van der Waals surface area contributed by atoms with E-state index in [-0.39, 0.29) is 24.3 Å². The molecule has 0 bridgehead atoms. The van der Waals surface area contributed by atoms with E-state index in [1.807, 2.05) is 60.7 Å². The van der Waals surface area contributed by atoms with Crippen molar-refractivity contribution in [3.63, 3.8) is 0 Å². The van der Waals surface area contributed by atoms with Crippen LogP contribution in [0, 0.1) is 5.92 Å². The van der Waals surface area contributed by atoms with Gasteiger partial charge in [-0.15, -0.1) is 0 Å². The van der Waals surface area contributed by atoms with Crippen LogP contribution in [0.1, 0.15) is 65.7 Å². The minimum Gasteiger partial charge on any atom is -0.354 e. The number of fused-ring (bicyclic) bond motifs is 1. The first kappa shape index (κ1) is 35.2. The van der Waals surface area contributed by atoms with Gasteiger partial charge in [-0.05, 0) is 58.4 Å². The Labute approximate surface area is 310 Å². The lowest BCUT2D eigenvalue weighted by Gasteiger charge is -2.37. The third-order valence-electron chi connectivity index (χ3n) is 10.5. The van der Waals surface area contributed by atoms with Crippen molar-refractivity contribution in [1.29, 1.82) is 0 Å². The van der Waals surface area contributed by atoms with E-state index in [0.29, 0.717) is 42.3 Å². The summed E-state index contributed by atoms with van der Waals surface area (Å²) in [6.45, 7) is 0.702. The number of rotatable bonds is 11.